The number of rotatable bonds is 5. The first-order chi connectivity index (χ1) is 6.72. The van der Waals surface area contributed by atoms with Gasteiger partial charge in [0.15, 0.2) is 5.13 Å². The third-order valence-electron chi connectivity index (χ3n) is 1.32. The Bertz CT molecular complexity index is 301. The zero-order chi connectivity index (χ0) is 10.4. The molecule has 0 saturated carbocycles. The third-order valence-corrected chi connectivity index (χ3v) is 3.10. The molecule has 1 aromatic rings. The maximum atomic E-state index is 10.7. The van der Waals surface area contributed by atoms with Crippen molar-refractivity contribution in [3.8, 4) is 0 Å². The summed E-state index contributed by atoms with van der Waals surface area (Å²) in [6.45, 7) is 1.65. The zero-order valence-corrected chi connectivity index (χ0v) is 9.45. The van der Waals surface area contributed by atoms with Crippen LogP contribution >= 0.6 is 23.1 Å². The van der Waals surface area contributed by atoms with Crippen LogP contribution in [0, 0.1) is 0 Å². The molecule has 0 aliphatic rings. The number of nitrogens with zero attached hydrogens (tertiary/aromatic N) is 1. The van der Waals surface area contributed by atoms with Gasteiger partial charge in [0.1, 0.15) is 0 Å². The zero-order valence-electron chi connectivity index (χ0n) is 7.82. The van der Waals surface area contributed by atoms with E-state index >= 15 is 0 Å². The molecule has 0 atom stereocenters. The predicted molar refractivity (Wildman–Crippen MR) is 59.7 cm³/mol. The van der Waals surface area contributed by atoms with Crippen molar-refractivity contribution >= 4 is 34.1 Å². The molecule has 0 aliphatic heterocycles. The molecule has 6 heteroatoms. The van der Waals surface area contributed by atoms with Gasteiger partial charge in [0.05, 0.1) is 12.3 Å². The summed E-state index contributed by atoms with van der Waals surface area (Å²) in [4.78, 5) is 14.9. The van der Waals surface area contributed by atoms with Gasteiger partial charge in [-0.25, -0.2) is 4.98 Å². The molecule has 0 bridgehead atoms. The molecule has 1 amide bonds. The van der Waals surface area contributed by atoms with Gasteiger partial charge < -0.3 is 10.4 Å². The summed E-state index contributed by atoms with van der Waals surface area (Å²) in [6, 6.07) is 0. The van der Waals surface area contributed by atoms with Gasteiger partial charge in [0.2, 0.25) is 5.91 Å². The van der Waals surface area contributed by atoms with E-state index in [1.807, 2.05) is 5.38 Å². The smallest absolute Gasteiger partial charge is 0.223 e. The number of thiazole rings is 1. The van der Waals surface area contributed by atoms with Crippen molar-refractivity contribution < 1.29 is 9.90 Å². The summed E-state index contributed by atoms with van der Waals surface area (Å²) in [7, 11) is 0. The van der Waals surface area contributed by atoms with Crippen LogP contribution in [0.1, 0.15) is 12.6 Å². The molecule has 0 saturated heterocycles. The van der Waals surface area contributed by atoms with Crippen molar-refractivity contribution in [1.82, 2.24) is 4.98 Å². The average Bonchev–Trinajstić information content (AvgIpc) is 2.52. The molecule has 14 heavy (non-hydrogen) atoms. The molecule has 1 rings (SSSR count). The summed E-state index contributed by atoms with van der Waals surface area (Å²) in [6.07, 6.45) is 0. The summed E-state index contributed by atoms with van der Waals surface area (Å²) < 4.78 is 0. The highest BCUT2D eigenvalue weighted by Crippen LogP contribution is 2.19. The van der Waals surface area contributed by atoms with Crippen molar-refractivity contribution in [1.29, 1.82) is 0 Å². The molecule has 0 fully saturated rings. The van der Waals surface area contributed by atoms with E-state index in [9.17, 15) is 4.79 Å². The van der Waals surface area contributed by atoms with Crippen LogP contribution in [-0.4, -0.2) is 28.4 Å². The summed E-state index contributed by atoms with van der Waals surface area (Å²) in [5.41, 5.74) is 0.942. The number of carbonyl (C=O) groups excluding carboxylic acids is 1. The molecule has 1 aromatic heterocycles. The van der Waals surface area contributed by atoms with Crippen LogP contribution in [0.25, 0.3) is 0 Å². The highest BCUT2D eigenvalue weighted by atomic mass is 32.2. The number of hydrogen-bond acceptors (Lipinski definition) is 5. The fourth-order valence-electron chi connectivity index (χ4n) is 0.823. The van der Waals surface area contributed by atoms with Crippen LogP contribution < -0.4 is 5.32 Å². The van der Waals surface area contributed by atoms with Crippen LogP contribution in [0.3, 0.4) is 0 Å². The minimum atomic E-state index is -0.103. The topological polar surface area (TPSA) is 62.2 Å². The molecule has 2 N–H and O–H groups in total. The van der Waals surface area contributed by atoms with Crippen molar-refractivity contribution in [3.05, 3.63) is 11.1 Å². The van der Waals surface area contributed by atoms with Gasteiger partial charge in [-0.15, -0.1) is 11.3 Å². The van der Waals surface area contributed by atoms with Gasteiger partial charge in [0.25, 0.3) is 0 Å². The summed E-state index contributed by atoms with van der Waals surface area (Å²) in [5, 5.41) is 13.7. The molecule has 0 radical (unpaired) electrons. The molecule has 0 unspecified atom stereocenters. The quantitative estimate of drug-likeness (QED) is 0.752. The molecular weight excluding hydrogens is 220 g/mol. The molecule has 78 valence electrons. The second-order valence-corrected chi connectivity index (χ2v) is 4.56. The van der Waals surface area contributed by atoms with E-state index in [1.165, 1.54) is 18.3 Å². The van der Waals surface area contributed by atoms with Crippen molar-refractivity contribution in [3.63, 3.8) is 0 Å². The lowest BCUT2D eigenvalue weighted by atomic mass is 10.6. The Labute approximate surface area is 90.7 Å². The van der Waals surface area contributed by atoms with Crippen molar-refractivity contribution in [2.24, 2.45) is 0 Å². The van der Waals surface area contributed by atoms with Gasteiger partial charge in [-0.3, -0.25) is 4.79 Å². The Morgan fingerprint density at radius 3 is 3.21 bits per heavy atom. The SMILES string of the molecule is CC(=O)Nc1nc(CSCCO)cs1. The number of aromatic nitrogens is 1. The third kappa shape index (κ3) is 4.08. The van der Waals surface area contributed by atoms with Gasteiger partial charge in [-0.2, -0.15) is 11.8 Å². The predicted octanol–water partition coefficient (Wildman–Crippen LogP) is 1.33. The van der Waals surface area contributed by atoms with E-state index in [0.717, 1.165) is 11.4 Å². The number of thioether (sulfide) groups is 1. The number of hydrogen-bond donors (Lipinski definition) is 2. The van der Waals surface area contributed by atoms with Crippen LogP contribution in [0.15, 0.2) is 5.38 Å². The van der Waals surface area contributed by atoms with E-state index in [2.05, 4.69) is 10.3 Å². The summed E-state index contributed by atoms with van der Waals surface area (Å²) in [5.74, 6) is 1.39. The first-order valence-corrected chi connectivity index (χ1v) is 6.16. The maximum absolute atomic E-state index is 10.7. The number of amides is 1. The second kappa shape index (κ2) is 6.00. The molecular formula is C8H12N2O2S2. The number of aliphatic hydroxyl groups excluding tert-OH is 1. The Balaban J connectivity index is 2.38. The van der Waals surface area contributed by atoms with Crippen molar-refractivity contribution in [2.75, 3.05) is 17.7 Å². The number of nitrogens with one attached hydrogen (secondary N) is 1. The first kappa shape index (κ1) is 11.5. The Hall–Kier alpha value is -0.590. The molecule has 4 nitrogen and oxygen atoms in total. The van der Waals surface area contributed by atoms with Crippen LogP contribution in [0.5, 0.6) is 0 Å². The molecule has 1 heterocycles. The fraction of sp³-hybridized carbons (Fsp3) is 0.500. The normalized spacial score (nSPS) is 10.1. The van der Waals surface area contributed by atoms with Gasteiger partial charge in [-0.1, -0.05) is 0 Å². The number of aliphatic hydroxyl groups is 1. The Morgan fingerprint density at radius 2 is 2.57 bits per heavy atom. The standard InChI is InChI=1S/C8H12N2O2S2/c1-6(12)9-8-10-7(5-14-8)4-13-3-2-11/h5,11H,2-4H2,1H3,(H,9,10,12). The Morgan fingerprint density at radius 1 is 1.79 bits per heavy atom. The van der Waals surface area contributed by atoms with E-state index in [-0.39, 0.29) is 12.5 Å². The second-order valence-electron chi connectivity index (χ2n) is 2.60. The van der Waals surface area contributed by atoms with E-state index < -0.39 is 0 Å². The lowest BCUT2D eigenvalue weighted by Crippen LogP contribution is -2.05. The average molecular weight is 232 g/mol. The van der Waals surface area contributed by atoms with Crippen LogP contribution in [-0.2, 0) is 10.5 Å². The minimum absolute atomic E-state index is 0.103. The molecule has 0 aromatic carbocycles. The van der Waals surface area contributed by atoms with E-state index in [0.29, 0.717) is 10.9 Å². The van der Waals surface area contributed by atoms with Gasteiger partial charge >= 0.3 is 0 Å². The monoisotopic (exact) mass is 232 g/mol. The molecule has 0 aliphatic carbocycles. The van der Waals surface area contributed by atoms with Gasteiger partial charge in [-0.05, 0) is 0 Å². The van der Waals surface area contributed by atoms with Crippen molar-refractivity contribution in [2.45, 2.75) is 12.7 Å². The maximum Gasteiger partial charge on any atom is 0.223 e. The lowest BCUT2D eigenvalue weighted by molar-refractivity contribution is -0.114. The molecule has 0 spiro atoms. The van der Waals surface area contributed by atoms with Crippen LogP contribution in [0.4, 0.5) is 5.13 Å². The number of anilines is 1. The van der Waals surface area contributed by atoms with Crippen LogP contribution in [0.2, 0.25) is 0 Å². The highest BCUT2D eigenvalue weighted by molar-refractivity contribution is 7.98. The fourth-order valence-corrected chi connectivity index (χ4v) is 2.31. The minimum Gasteiger partial charge on any atom is -0.396 e. The number of carbonyl (C=O) groups is 1. The van der Waals surface area contributed by atoms with E-state index in [4.69, 9.17) is 5.11 Å². The lowest BCUT2D eigenvalue weighted by Gasteiger charge is -1.95. The summed E-state index contributed by atoms with van der Waals surface area (Å²) >= 11 is 3.04. The first-order valence-electron chi connectivity index (χ1n) is 4.13. The Kier molecular flexibility index (Phi) is 4.92. The largest absolute Gasteiger partial charge is 0.396 e. The van der Waals surface area contributed by atoms with Gasteiger partial charge in [0, 0.05) is 23.8 Å². The van der Waals surface area contributed by atoms with E-state index in [1.54, 1.807) is 11.8 Å². The highest BCUT2D eigenvalue weighted by Gasteiger charge is 2.02.